The number of aromatic amines is 1. The summed E-state index contributed by atoms with van der Waals surface area (Å²) < 4.78 is 21.3. The van der Waals surface area contributed by atoms with Crippen LogP contribution in [0.25, 0.3) is 0 Å². The topological polar surface area (TPSA) is 83.4 Å². The van der Waals surface area contributed by atoms with Crippen molar-refractivity contribution >= 4 is 22.6 Å². The summed E-state index contributed by atoms with van der Waals surface area (Å²) >= 11 is 1.64. The molecule has 0 amide bonds. The van der Waals surface area contributed by atoms with Gasteiger partial charge in [0.25, 0.3) is 5.56 Å². The molecule has 0 aliphatic carbocycles. The Morgan fingerprint density at radius 1 is 1.29 bits per heavy atom. The molecular formula is C22H28FN5O2S. The highest BCUT2D eigenvalue weighted by molar-refractivity contribution is 8.14. The first kappa shape index (κ1) is 20.9. The molecule has 2 fully saturated rings. The zero-order valence-corrected chi connectivity index (χ0v) is 18.8. The normalized spacial score (nSPS) is 30.1. The van der Waals surface area contributed by atoms with Crippen molar-refractivity contribution in [2.75, 3.05) is 13.2 Å². The molecule has 3 aliphatic heterocycles. The van der Waals surface area contributed by atoms with Crippen molar-refractivity contribution in [1.29, 1.82) is 0 Å². The van der Waals surface area contributed by atoms with Crippen molar-refractivity contribution in [3.8, 4) is 0 Å². The van der Waals surface area contributed by atoms with E-state index < -0.39 is 0 Å². The van der Waals surface area contributed by atoms with Crippen LogP contribution in [0.1, 0.15) is 62.1 Å². The number of aliphatic imine (C=N–C) groups is 1. The van der Waals surface area contributed by atoms with Crippen LogP contribution in [0, 0.1) is 11.7 Å². The number of hydrogen-bond donors (Lipinski definition) is 3. The van der Waals surface area contributed by atoms with Crippen molar-refractivity contribution in [3.63, 3.8) is 0 Å². The van der Waals surface area contributed by atoms with Crippen molar-refractivity contribution < 1.29 is 9.13 Å². The number of aromatic nitrogens is 2. The summed E-state index contributed by atoms with van der Waals surface area (Å²) in [5.74, 6) is 0.609. The average molecular weight is 446 g/mol. The van der Waals surface area contributed by atoms with E-state index in [1.165, 1.54) is 12.1 Å². The molecule has 0 bridgehead atoms. The summed E-state index contributed by atoms with van der Waals surface area (Å²) in [5.41, 5.74) is 8.01. The number of hydrazine groups is 1. The maximum Gasteiger partial charge on any atom is 0.270 e. The molecule has 2 saturated heterocycles. The van der Waals surface area contributed by atoms with E-state index in [4.69, 9.17) is 9.73 Å². The van der Waals surface area contributed by atoms with Gasteiger partial charge in [0.15, 0.2) is 5.82 Å². The summed E-state index contributed by atoms with van der Waals surface area (Å²) in [6.07, 6.45) is 1.67. The second kappa shape index (κ2) is 7.88. The first-order valence-corrected chi connectivity index (χ1v) is 11.6. The predicted octanol–water partition coefficient (Wildman–Crippen LogP) is 3.75. The van der Waals surface area contributed by atoms with E-state index in [9.17, 15) is 9.18 Å². The maximum atomic E-state index is 13.4. The van der Waals surface area contributed by atoms with Crippen molar-refractivity contribution in [2.45, 2.75) is 56.5 Å². The van der Waals surface area contributed by atoms with Gasteiger partial charge in [-0.05, 0) is 51.3 Å². The molecule has 3 aliphatic rings. The van der Waals surface area contributed by atoms with E-state index >= 15 is 0 Å². The number of benzene rings is 1. The van der Waals surface area contributed by atoms with Gasteiger partial charge in [-0.3, -0.25) is 20.0 Å². The van der Waals surface area contributed by atoms with E-state index in [1.54, 1.807) is 11.8 Å². The molecule has 0 radical (unpaired) electrons. The number of H-pyrrole nitrogens is 1. The molecule has 2 aromatic rings. The van der Waals surface area contributed by atoms with Gasteiger partial charge in [-0.15, -0.1) is 11.8 Å². The van der Waals surface area contributed by atoms with Crippen LogP contribution in [0.15, 0.2) is 34.1 Å². The number of fused-ring (bicyclic) bond motifs is 1. The van der Waals surface area contributed by atoms with E-state index in [2.05, 4.69) is 29.8 Å². The largest absolute Gasteiger partial charge is 0.375 e. The van der Waals surface area contributed by atoms with Gasteiger partial charge in [0.05, 0.1) is 33.5 Å². The molecule has 7 nitrogen and oxygen atoms in total. The minimum Gasteiger partial charge on any atom is -0.375 e. The van der Waals surface area contributed by atoms with E-state index in [1.807, 2.05) is 23.7 Å². The van der Waals surface area contributed by atoms with Crippen molar-refractivity contribution in [3.05, 3.63) is 51.6 Å². The number of nitrogens with zero attached hydrogens (tertiary/aromatic N) is 2. The molecule has 4 unspecified atom stereocenters. The third kappa shape index (κ3) is 3.88. The van der Waals surface area contributed by atoms with Gasteiger partial charge in [0, 0.05) is 19.1 Å². The Morgan fingerprint density at radius 3 is 2.81 bits per heavy atom. The highest BCUT2D eigenvalue weighted by Crippen LogP contribution is 2.49. The van der Waals surface area contributed by atoms with Crippen molar-refractivity contribution in [2.24, 2.45) is 10.9 Å². The van der Waals surface area contributed by atoms with Gasteiger partial charge in [-0.1, -0.05) is 12.1 Å². The molecule has 0 spiro atoms. The smallest absolute Gasteiger partial charge is 0.270 e. The first-order valence-electron chi connectivity index (χ1n) is 10.8. The van der Waals surface area contributed by atoms with Gasteiger partial charge in [0.2, 0.25) is 0 Å². The Labute approximate surface area is 184 Å². The van der Waals surface area contributed by atoms with Crippen LogP contribution in [0.5, 0.6) is 0 Å². The molecule has 9 heteroatoms. The summed E-state index contributed by atoms with van der Waals surface area (Å²) in [6.45, 7) is 7.55. The van der Waals surface area contributed by atoms with Crippen LogP contribution in [-0.2, 0) is 4.74 Å². The molecule has 3 N–H and O–H groups in total. The number of hydrogen-bond acceptors (Lipinski definition) is 6. The quantitative estimate of drug-likeness (QED) is 0.670. The third-order valence-electron chi connectivity index (χ3n) is 6.46. The molecule has 31 heavy (non-hydrogen) atoms. The third-order valence-corrected chi connectivity index (χ3v) is 7.73. The number of rotatable bonds is 3. The fraction of sp³-hybridized carbons (Fsp3) is 0.545. The van der Waals surface area contributed by atoms with Crippen LogP contribution in [0.2, 0.25) is 0 Å². The predicted molar refractivity (Wildman–Crippen MR) is 120 cm³/mol. The molecule has 0 saturated carbocycles. The van der Waals surface area contributed by atoms with E-state index in [0.29, 0.717) is 13.2 Å². The molecule has 4 atom stereocenters. The Balaban J connectivity index is 1.52. The lowest BCUT2D eigenvalue weighted by atomic mass is 9.89. The lowest BCUT2D eigenvalue weighted by molar-refractivity contribution is -0.0705. The summed E-state index contributed by atoms with van der Waals surface area (Å²) in [4.78, 5) is 18.0. The van der Waals surface area contributed by atoms with Crippen LogP contribution >= 0.6 is 11.8 Å². The minimum atomic E-state index is -0.253. The van der Waals surface area contributed by atoms with Crippen LogP contribution in [0.4, 0.5) is 10.2 Å². The van der Waals surface area contributed by atoms with Crippen LogP contribution in [-0.4, -0.2) is 33.6 Å². The van der Waals surface area contributed by atoms with Gasteiger partial charge in [-0.25, -0.2) is 14.8 Å². The SMILES string of the molecule is CC1=Nc2c(c(=O)[nH]n2C2CCOC(C)(C)C2)C(C2CNNC2c2ccc(F)cc2)S1. The van der Waals surface area contributed by atoms with Gasteiger partial charge < -0.3 is 4.74 Å². The monoisotopic (exact) mass is 445 g/mol. The van der Waals surface area contributed by atoms with Crippen LogP contribution < -0.4 is 16.4 Å². The van der Waals surface area contributed by atoms with Gasteiger partial charge >= 0.3 is 0 Å². The Morgan fingerprint density at radius 2 is 2.06 bits per heavy atom. The Bertz CT molecular complexity index is 1060. The highest BCUT2D eigenvalue weighted by Gasteiger charge is 2.42. The molecule has 166 valence electrons. The second-order valence-electron chi connectivity index (χ2n) is 9.19. The molecule has 5 rings (SSSR count). The highest BCUT2D eigenvalue weighted by atomic mass is 32.2. The van der Waals surface area contributed by atoms with E-state index in [-0.39, 0.29) is 40.2 Å². The molecule has 1 aromatic carbocycles. The Kier molecular flexibility index (Phi) is 5.32. The number of ether oxygens (including phenoxy) is 1. The fourth-order valence-corrected chi connectivity index (χ4v) is 6.29. The molecular weight excluding hydrogens is 417 g/mol. The lowest BCUT2D eigenvalue weighted by Gasteiger charge is -2.36. The first-order chi connectivity index (χ1) is 14.8. The zero-order valence-electron chi connectivity index (χ0n) is 17.9. The average Bonchev–Trinajstić information content (AvgIpc) is 3.32. The number of nitrogens with one attached hydrogen (secondary N) is 3. The van der Waals surface area contributed by atoms with Gasteiger partial charge in [0.1, 0.15) is 5.82 Å². The lowest BCUT2D eigenvalue weighted by Crippen LogP contribution is -2.35. The fourth-order valence-electron chi connectivity index (χ4n) is 5.02. The molecule has 4 heterocycles. The van der Waals surface area contributed by atoms with E-state index in [0.717, 1.165) is 34.8 Å². The zero-order chi connectivity index (χ0) is 21.8. The number of thioether (sulfide) groups is 1. The summed E-state index contributed by atoms with van der Waals surface area (Å²) in [6, 6.07) is 6.70. The van der Waals surface area contributed by atoms with Gasteiger partial charge in [-0.2, -0.15) is 0 Å². The summed E-state index contributed by atoms with van der Waals surface area (Å²) in [5, 5.41) is 3.99. The summed E-state index contributed by atoms with van der Waals surface area (Å²) in [7, 11) is 0. The molecule has 1 aromatic heterocycles. The van der Waals surface area contributed by atoms with Crippen molar-refractivity contribution in [1.82, 2.24) is 20.6 Å². The standard InChI is InChI=1S/C22H28FN5O2S/c1-12-25-20-17(21(29)27-28(20)15-8-9-30-22(2,3)10-15)19(31-12)16-11-24-26-18(16)13-4-6-14(23)7-5-13/h4-7,15-16,18-19,24,26H,8-11H2,1-3H3,(H,27,29). The second-order valence-corrected chi connectivity index (χ2v) is 10.5. The van der Waals surface area contributed by atoms with Crippen LogP contribution in [0.3, 0.4) is 0 Å². The number of halogens is 1. The maximum absolute atomic E-state index is 13.4. The Hall–Kier alpha value is -1.94. The minimum absolute atomic E-state index is 0.0263.